The number of aromatic nitrogens is 3. The van der Waals surface area contributed by atoms with Gasteiger partial charge >= 0.3 is 11.1 Å². The molecule has 5 heteroatoms. The summed E-state index contributed by atoms with van der Waals surface area (Å²) in [5, 5.41) is 5.37. The molecule has 0 saturated carbocycles. The monoisotopic (exact) mass is 127 g/mol. The van der Waals surface area contributed by atoms with Crippen LogP contribution in [0.1, 0.15) is 0 Å². The second-order valence-electron chi connectivity index (χ2n) is 1.60. The van der Waals surface area contributed by atoms with E-state index >= 15 is 0 Å². The van der Waals surface area contributed by atoms with Crippen LogP contribution in [0.15, 0.2) is 15.9 Å². The van der Waals surface area contributed by atoms with Crippen LogP contribution in [0.2, 0.25) is 0 Å². The second-order valence-corrected chi connectivity index (χ2v) is 1.60. The molecule has 0 aliphatic carbocycles. The lowest BCUT2D eigenvalue weighted by Crippen LogP contribution is -2.34. The van der Waals surface area contributed by atoms with Crippen LogP contribution in [0.3, 0.4) is 0 Å². The van der Waals surface area contributed by atoms with E-state index in [0.717, 1.165) is 4.57 Å². The number of aryl methyl sites for hydroxylation is 1. The molecule has 48 valence electrons. The molecule has 0 unspecified atom stereocenters. The fraction of sp³-hybridized carbons (Fsp3) is 0.250. The van der Waals surface area contributed by atoms with E-state index in [1.54, 1.807) is 0 Å². The summed E-state index contributed by atoms with van der Waals surface area (Å²) in [7, 11) is 1.46. The van der Waals surface area contributed by atoms with Crippen molar-refractivity contribution in [3.05, 3.63) is 27.0 Å². The van der Waals surface area contributed by atoms with E-state index in [0.29, 0.717) is 0 Å². The smallest absolute Gasteiger partial charge is 0.296 e. The van der Waals surface area contributed by atoms with E-state index in [1.807, 2.05) is 5.10 Å². The number of hydrogen-bond donors (Lipinski definition) is 1. The molecule has 1 aromatic heterocycles. The highest BCUT2D eigenvalue weighted by molar-refractivity contribution is 4.71. The van der Waals surface area contributed by atoms with Crippen LogP contribution in [-0.4, -0.2) is 14.8 Å². The SMILES string of the molecule is Cn1cn[nH]c(=O)c1=O. The van der Waals surface area contributed by atoms with Gasteiger partial charge in [-0.1, -0.05) is 0 Å². The summed E-state index contributed by atoms with van der Waals surface area (Å²) in [6.45, 7) is 0. The van der Waals surface area contributed by atoms with Crippen LogP contribution in [0.25, 0.3) is 0 Å². The van der Waals surface area contributed by atoms with Gasteiger partial charge in [0.1, 0.15) is 6.33 Å². The summed E-state index contributed by atoms with van der Waals surface area (Å²) < 4.78 is 1.11. The molecule has 0 spiro atoms. The van der Waals surface area contributed by atoms with Gasteiger partial charge in [-0.2, -0.15) is 5.10 Å². The molecule has 1 heterocycles. The van der Waals surface area contributed by atoms with Gasteiger partial charge in [-0.05, 0) is 0 Å². The lowest BCUT2D eigenvalue weighted by Gasteiger charge is -1.88. The highest BCUT2D eigenvalue weighted by Gasteiger charge is 1.91. The lowest BCUT2D eigenvalue weighted by molar-refractivity contribution is 0.753. The molecule has 1 rings (SSSR count). The maximum atomic E-state index is 10.5. The Bertz CT molecular complexity index is 310. The Labute approximate surface area is 50.0 Å². The Morgan fingerprint density at radius 3 is 2.78 bits per heavy atom. The van der Waals surface area contributed by atoms with Crippen molar-refractivity contribution in [2.45, 2.75) is 0 Å². The molecule has 0 aromatic carbocycles. The Kier molecular flexibility index (Phi) is 1.18. The second kappa shape index (κ2) is 1.85. The third kappa shape index (κ3) is 0.883. The third-order valence-electron chi connectivity index (χ3n) is 0.912. The minimum absolute atomic E-state index is 0.593. The van der Waals surface area contributed by atoms with Crippen LogP contribution in [0.5, 0.6) is 0 Å². The fourth-order valence-electron chi connectivity index (χ4n) is 0.435. The number of nitrogens with one attached hydrogen (secondary N) is 1. The molecule has 5 nitrogen and oxygen atoms in total. The first kappa shape index (κ1) is 5.74. The Morgan fingerprint density at radius 1 is 1.67 bits per heavy atom. The topological polar surface area (TPSA) is 67.8 Å². The first-order valence-corrected chi connectivity index (χ1v) is 2.32. The van der Waals surface area contributed by atoms with Crippen molar-refractivity contribution in [2.24, 2.45) is 7.05 Å². The number of hydrogen-bond acceptors (Lipinski definition) is 3. The van der Waals surface area contributed by atoms with E-state index in [4.69, 9.17) is 0 Å². The lowest BCUT2D eigenvalue weighted by atomic mass is 10.8. The zero-order valence-electron chi connectivity index (χ0n) is 4.79. The average molecular weight is 127 g/mol. The van der Waals surface area contributed by atoms with Gasteiger partial charge in [0.15, 0.2) is 0 Å². The predicted octanol–water partition coefficient (Wildman–Crippen LogP) is -1.53. The van der Waals surface area contributed by atoms with Crippen molar-refractivity contribution in [1.82, 2.24) is 14.8 Å². The summed E-state index contributed by atoms with van der Waals surface area (Å²) in [5.41, 5.74) is -1.29. The quantitative estimate of drug-likeness (QED) is 0.430. The van der Waals surface area contributed by atoms with E-state index in [-0.39, 0.29) is 0 Å². The first-order chi connectivity index (χ1) is 4.22. The van der Waals surface area contributed by atoms with Gasteiger partial charge in [0.2, 0.25) is 0 Å². The van der Waals surface area contributed by atoms with Crippen molar-refractivity contribution in [1.29, 1.82) is 0 Å². The van der Waals surface area contributed by atoms with Crippen molar-refractivity contribution in [3.8, 4) is 0 Å². The molecule has 0 atom stereocenters. The van der Waals surface area contributed by atoms with Gasteiger partial charge in [-0.15, -0.1) is 0 Å². The molecular formula is C4H5N3O2. The van der Waals surface area contributed by atoms with E-state index in [2.05, 4.69) is 5.10 Å². The van der Waals surface area contributed by atoms with Crippen molar-refractivity contribution in [3.63, 3.8) is 0 Å². The maximum absolute atomic E-state index is 10.5. The number of aromatic amines is 1. The number of H-pyrrole nitrogens is 1. The van der Waals surface area contributed by atoms with Gasteiger partial charge in [-0.3, -0.25) is 14.2 Å². The molecular weight excluding hydrogens is 122 g/mol. The predicted molar refractivity (Wildman–Crippen MR) is 30.1 cm³/mol. The van der Waals surface area contributed by atoms with Crippen LogP contribution in [0, 0.1) is 0 Å². The van der Waals surface area contributed by atoms with Crippen LogP contribution in [0.4, 0.5) is 0 Å². The average Bonchev–Trinajstić information content (AvgIpc) is 1.83. The van der Waals surface area contributed by atoms with Crippen molar-refractivity contribution < 1.29 is 0 Å². The number of rotatable bonds is 0. The Balaban J connectivity index is 3.63. The molecule has 9 heavy (non-hydrogen) atoms. The van der Waals surface area contributed by atoms with E-state index < -0.39 is 11.1 Å². The molecule has 0 amide bonds. The summed E-state index contributed by atoms with van der Waals surface area (Å²) in [6.07, 6.45) is 1.24. The minimum Gasteiger partial charge on any atom is -0.296 e. The largest absolute Gasteiger partial charge is 0.330 e. The molecule has 1 aromatic rings. The molecule has 0 aliphatic heterocycles. The van der Waals surface area contributed by atoms with Crippen molar-refractivity contribution in [2.75, 3.05) is 0 Å². The summed E-state index contributed by atoms with van der Waals surface area (Å²) in [4.78, 5) is 20.9. The van der Waals surface area contributed by atoms with Crippen LogP contribution >= 0.6 is 0 Å². The first-order valence-electron chi connectivity index (χ1n) is 2.32. The highest BCUT2D eigenvalue weighted by atomic mass is 16.2. The standard InChI is InChI=1S/C4H5N3O2/c1-7-2-5-6-3(8)4(7)9/h2H,1H3,(H,6,8). The van der Waals surface area contributed by atoms with E-state index in [9.17, 15) is 9.59 Å². The van der Waals surface area contributed by atoms with Crippen LogP contribution in [-0.2, 0) is 7.05 Å². The van der Waals surface area contributed by atoms with Crippen molar-refractivity contribution >= 4 is 0 Å². The Hall–Kier alpha value is -1.39. The maximum Gasteiger partial charge on any atom is 0.330 e. The minimum atomic E-state index is -0.694. The van der Waals surface area contributed by atoms with Gasteiger partial charge in [0, 0.05) is 7.05 Å². The normalized spacial score (nSPS) is 9.44. The molecule has 1 N–H and O–H groups in total. The summed E-state index contributed by atoms with van der Waals surface area (Å²) in [5.74, 6) is 0. The molecule has 0 radical (unpaired) electrons. The number of nitrogens with zero attached hydrogens (tertiary/aromatic N) is 2. The fourth-order valence-corrected chi connectivity index (χ4v) is 0.435. The highest BCUT2D eigenvalue weighted by Crippen LogP contribution is 1.54. The molecule has 0 fully saturated rings. The zero-order chi connectivity index (χ0) is 6.85. The summed E-state index contributed by atoms with van der Waals surface area (Å²) in [6, 6.07) is 0. The van der Waals surface area contributed by atoms with Gasteiger partial charge in [0.05, 0.1) is 0 Å². The van der Waals surface area contributed by atoms with Gasteiger partial charge < -0.3 is 0 Å². The van der Waals surface area contributed by atoms with Gasteiger partial charge in [-0.25, -0.2) is 5.10 Å². The third-order valence-corrected chi connectivity index (χ3v) is 0.912. The molecule has 0 aliphatic rings. The van der Waals surface area contributed by atoms with Crippen LogP contribution < -0.4 is 11.1 Å². The van der Waals surface area contributed by atoms with Gasteiger partial charge in [0.25, 0.3) is 0 Å². The van der Waals surface area contributed by atoms with E-state index in [1.165, 1.54) is 13.4 Å². The Morgan fingerprint density at radius 2 is 2.33 bits per heavy atom. The molecule has 0 bridgehead atoms. The summed E-state index contributed by atoms with van der Waals surface area (Å²) >= 11 is 0. The molecule has 0 saturated heterocycles. The zero-order valence-corrected chi connectivity index (χ0v) is 4.79.